The van der Waals surface area contributed by atoms with Crippen LogP contribution in [0.15, 0.2) is 54.1 Å². The Morgan fingerprint density at radius 2 is 1.75 bits per heavy atom. The summed E-state index contributed by atoms with van der Waals surface area (Å²) in [5.41, 5.74) is 2.78. The molecule has 0 unspecified atom stereocenters. The molecule has 0 N–H and O–H groups in total. The lowest BCUT2D eigenvalue weighted by Crippen LogP contribution is -2.49. The van der Waals surface area contributed by atoms with Crippen molar-refractivity contribution in [1.29, 1.82) is 0 Å². The zero-order valence-corrected chi connectivity index (χ0v) is 23.3. The molecule has 8 atom stereocenters. The molecule has 1 aromatic carbocycles. The Bertz CT molecular complexity index is 990. The third kappa shape index (κ3) is 4.63. The van der Waals surface area contributed by atoms with Gasteiger partial charge in [-0.15, -0.1) is 0 Å². The minimum Gasteiger partial charge on any atom is -0.455 e. The van der Waals surface area contributed by atoms with Crippen molar-refractivity contribution in [1.82, 2.24) is 0 Å². The highest BCUT2D eigenvalue weighted by Crippen LogP contribution is 2.66. The first kappa shape index (κ1) is 25.8. The second kappa shape index (κ2) is 10.1. The minimum atomic E-state index is -0.202. The number of carbonyl (C=O) groups is 1. The fraction of sp³-hybridized carbons (Fsp3) is 0.676. The maximum atomic E-state index is 12.7. The van der Waals surface area contributed by atoms with Gasteiger partial charge in [-0.25, -0.2) is 4.79 Å². The summed E-state index contributed by atoms with van der Waals surface area (Å²) >= 11 is 0. The molecule has 0 amide bonds. The van der Waals surface area contributed by atoms with Crippen LogP contribution in [0.1, 0.15) is 103 Å². The summed E-state index contributed by atoms with van der Waals surface area (Å²) in [5, 5.41) is 0. The van der Waals surface area contributed by atoms with Crippen molar-refractivity contribution in [2.24, 2.45) is 46.3 Å². The number of hydrogen-bond acceptors (Lipinski definition) is 2. The average molecular weight is 489 g/mol. The summed E-state index contributed by atoms with van der Waals surface area (Å²) in [5.74, 6) is 4.64. The van der Waals surface area contributed by atoms with E-state index >= 15 is 0 Å². The number of benzene rings is 1. The number of ether oxygens (including phenoxy) is 1. The predicted octanol–water partition coefficient (Wildman–Crippen LogP) is 9.03. The summed E-state index contributed by atoms with van der Waals surface area (Å²) in [6.07, 6.45) is 19.0. The lowest BCUT2D eigenvalue weighted by molar-refractivity contribution is -0.0316. The van der Waals surface area contributed by atoms with Crippen LogP contribution in [0, 0.1) is 46.3 Å². The Labute approximate surface area is 220 Å². The van der Waals surface area contributed by atoms with Gasteiger partial charge in [0.1, 0.15) is 6.10 Å². The predicted molar refractivity (Wildman–Crippen MR) is 149 cm³/mol. The Morgan fingerprint density at radius 3 is 2.50 bits per heavy atom. The lowest BCUT2D eigenvalue weighted by atomic mass is 9.48. The van der Waals surface area contributed by atoms with Gasteiger partial charge in [-0.2, -0.15) is 0 Å². The lowest BCUT2D eigenvalue weighted by Gasteiger charge is -2.57. The molecule has 36 heavy (non-hydrogen) atoms. The fourth-order valence-electron chi connectivity index (χ4n) is 9.02. The van der Waals surface area contributed by atoms with Crippen molar-refractivity contribution >= 4 is 5.97 Å². The van der Waals surface area contributed by atoms with Gasteiger partial charge >= 0.3 is 5.97 Å². The van der Waals surface area contributed by atoms with Gasteiger partial charge in [0, 0.05) is 0 Å². The SMILES string of the molecule is CC(C)CCC[C@@H](C)[C@H]1CC[C@H]2[C@@H]3C=CC4=C[C@@H](OC(=O)c5ccccc5)CC[C@]4(C)[C@H]3CC[C@]12C. The molecule has 2 fully saturated rings. The molecule has 1 aromatic rings. The van der Waals surface area contributed by atoms with E-state index in [9.17, 15) is 4.79 Å². The molecule has 0 saturated heterocycles. The van der Waals surface area contributed by atoms with Crippen LogP contribution in [0.4, 0.5) is 0 Å². The van der Waals surface area contributed by atoms with Crippen molar-refractivity contribution in [3.05, 3.63) is 59.7 Å². The van der Waals surface area contributed by atoms with Crippen molar-refractivity contribution < 1.29 is 9.53 Å². The largest absolute Gasteiger partial charge is 0.455 e. The van der Waals surface area contributed by atoms with Gasteiger partial charge in [-0.1, -0.05) is 84.2 Å². The normalized spacial score (nSPS) is 38.1. The average Bonchev–Trinajstić information content (AvgIpc) is 3.22. The Morgan fingerprint density at radius 1 is 0.972 bits per heavy atom. The van der Waals surface area contributed by atoms with E-state index in [0.29, 0.717) is 16.9 Å². The second-order valence-electron chi connectivity index (χ2n) is 13.6. The van der Waals surface area contributed by atoms with E-state index in [2.05, 4.69) is 52.8 Å². The van der Waals surface area contributed by atoms with Gasteiger partial charge in [0.15, 0.2) is 0 Å². The Hall–Kier alpha value is -1.83. The molecule has 0 aromatic heterocycles. The molecule has 4 aliphatic carbocycles. The summed E-state index contributed by atoms with van der Waals surface area (Å²) in [7, 11) is 0. The summed E-state index contributed by atoms with van der Waals surface area (Å²) < 4.78 is 5.93. The van der Waals surface area contributed by atoms with Crippen LogP contribution in [0.25, 0.3) is 0 Å². The molecule has 0 radical (unpaired) electrons. The maximum Gasteiger partial charge on any atom is 0.338 e. The number of esters is 1. The second-order valence-corrected chi connectivity index (χ2v) is 13.6. The molecule has 2 nitrogen and oxygen atoms in total. The first-order valence-corrected chi connectivity index (χ1v) is 14.9. The van der Waals surface area contributed by atoms with Crippen LogP contribution < -0.4 is 0 Å². The summed E-state index contributed by atoms with van der Waals surface area (Å²) in [6, 6.07) is 9.41. The van der Waals surface area contributed by atoms with E-state index in [1.807, 2.05) is 30.3 Å². The Kier molecular flexibility index (Phi) is 7.27. The molecule has 4 aliphatic rings. The van der Waals surface area contributed by atoms with Gasteiger partial charge in [-0.3, -0.25) is 0 Å². The molecular weight excluding hydrogens is 440 g/mol. The number of fused-ring (bicyclic) bond motifs is 5. The summed E-state index contributed by atoms with van der Waals surface area (Å²) in [6.45, 7) is 12.4. The highest BCUT2D eigenvalue weighted by atomic mass is 16.5. The summed E-state index contributed by atoms with van der Waals surface area (Å²) in [4.78, 5) is 12.7. The molecule has 0 aliphatic heterocycles. The van der Waals surface area contributed by atoms with Crippen LogP contribution in [-0.4, -0.2) is 12.1 Å². The highest BCUT2D eigenvalue weighted by Gasteiger charge is 2.58. The third-order valence-corrected chi connectivity index (χ3v) is 11.1. The van der Waals surface area contributed by atoms with Gasteiger partial charge in [0.2, 0.25) is 0 Å². The van der Waals surface area contributed by atoms with Crippen molar-refractivity contribution in [2.45, 2.75) is 98.5 Å². The smallest absolute Gasteiger partial charge is 0.338 e. The van der Waals surface area contributed by atoms with E-state index in [1.54, 1.807) is 0 Å². The van der Waals surface area contributed by atoms with Gasteiger partial charge in [0.05, 0.1) is 5.56 Å². The van der Waals surface area contributed by atoms with Crippen LogP contribution >= 0.6 is 0 Å². The molecule has 0 heterocycles. The fourth-order valence-corrected chi connectivity index (χ4v) is 9.02. The van der Waals surface area contributed by atoms with E-state index < -0.39 is 0 Å². The molecule has 2 saturated carbocycles. The quantitative estimate of drug-likeness (QED) is 0.358. The van der Waals surface area contributed by atoms with Gasteiger partial charge in [0.25, 0.3) is 0 Å². The number of allylic oxidation sites excluding steroid dienone is 3. The minimum absolute atomic E-state index is 0.113. The van der Waals surface area contributed by atoms with E-state index in [4.69, 9.17) is 4.74 Å². The molecule has 0 bridgehead atoms. The first-order valence-electron chi connectivity index (χ1n) is 14.9. The van der Waals surface area contributed by atoms with Crippen molar-refractivity contribution in [3.63, 3.8) is 0 Å². The van der Waals surface area contributed by atoms with Gasteiger partial charge < -0.3 is 4.74 Å². The van der Waals surface area contributed by atoms with E-state index in [-0.39, 0.29) is 17.5 Å². The van der Waals surface area contributed by atoms with Crippen molar-refractivity contribution in [2.75, 3.05) is 0 Å². The topological polar surface area (TPSA) is 26.3 Å². The Balaban J connectivity index is 1.30. The van der Waals surface area contributed by atoms with E-state index in [0.717, 1.165) is 42.4 Å². The van der Waals surface area contributed by atoms with Crippen LogP contribution in [0.5, 0.6) is 0 Å². The third-order valence-electron chi connectivity index (χ3n) is 11.1. The number of rotatable bonds is 7. The monoisotopic (exact) mass is 488 g/mol. The highest BCUT2D eigenvalue weighted by molar-refractivity contribution is 5.89. The zero-order valence-electron chi connectivity index (χ0n) is 23.3. The van der Waals surface area contributed by atoms with Gasteiger partial charge in [-0.05, 0) is 109 Å². The number of carbonyl (C=O) groups excluding carboxylic acids is 1. The van der Waals surface area contributed by atoms with Crippen LogP contribution in [0.3, 0.4) is 0 Å². The molecule has 0 spiro atoms. The first-order chi connectivity index (χ1) is 17.2. The maximum absolute atomic E-state index is 12.7. The van der Waals surface area contributed by atoms with Crippen molar-refractivity contribution in [3.8, 4) is 0 Å². The molecule has 5 rings (SSSR count). The van der Waals surface area contributed by atoms with E-state index in [1.165, 1.54) is 50.5 Å². The van der Waals surface area contributed by atoms with Crippen LogP contribution in [0.2, 0.25) is 0 Å². The zero-order chi connectivity index (χ0) is 25.5. The number of hydrogen-bond donors (Lipinski definition) is 0. The molecule has 2 heteroatoms. The molecular formula is C34H48O2. The van der Waals surface area contributed by atoms with Crippen LogP contribution in [-0.2, 0) is 4.74 Å². The standard InChI is InChI=1S/C34H48O2/c1-23(2)10-9-11-24(3)29-16-17-30-28-15-14-26-22-27(36-32(35)25-12-7-6-8-13-25)18-20-33(26,4)31(28)19-21-34(29,30)5/h6-8,12-15,22-24,27-31H,9-11,16-21H2,1-5H3/t24-,27+,28+,29-,30+,31+,33+,34-/m1/s1. The molecule has 196 valence electrons.